The molecule has 0 saturated carbocycles. The summed E-state index contributed by atoms with van der Waals surface area (Å²) in [6.07, 6.45) is -1.64. The fraction of sp³-hybridized carbons (Fsp3) is 0.200. The topological polar surface area (TPSA) is 110 Å². The molecule has 0 aromatic heterocycles. The maximum Gasteiger partial charge on any atom is 0.344 e. The van der Waals surface area contributed by atoms with Gasteiger partial charge in [0, 0.05) is 10.9 Å². The zero-order chi connectivity index (χ0) is 16.3. The number of hydrogen-bond donors (Lipinski definition) is 3. The lowest BCUT2D eigenvalue weighted by molar-refractivity contribution is -0.146. The van der Waals surface area contributed by atoms with E-state index in [4.69, 9.17) is 20.7 Å². The highest BCUT2D eigenvalue weighted by molar-refractivity contribution is 9.10. The Balaban J connectivity index is 2.21. The number of aliphatic carboxylic acids is 2. The van der Waals surface area contributed by atoms with Crippen molar-refractivity contribution in [1.82, 2.24) is 0 Å². The van der Waals surface area contributed by atoms with E-state index >= 15 is 0 Å². The first-order chi connectivity index (χ1) is 10.4. The van der Waals surface area contributed by atoms with E-state index in [0.717, 1.165) is 15.2 Å². The average Bonchev–Trinajstić information content (AvgIpc) is 2.46. The molecule has 2 rings (SSSR count). The van der Waals surface area contributed by atoms with Crippen LogP contribution < -0.4 is 10.5 Å². The third-order valence-corrected chi connectivity index (χ3v) is 3.61. The smallest absolute Gasteiger partial charge is 0.344 e. The SMILES string of the molecule is N[C@@H](CC(Oc1ccc2cc(Br)ccc2c1)C(=O)O)C(=O)O. The van der Waals surface area contributed by atoms with Crippen molar-refractivity contribution in [1.29, 1.82) is 0 Å². The van der Waals surface area contributed by atoms with Crippen molar-refractivity contribution >= 4 is 38.6 Å². The summed E-state index contributed by atoms with van der Waals surface area (Å²) in [5, 5.41) is 19.8. The Hall–Kier alpha value is -2.12. The van der Waals surface area contributed by atoms with Gasteiger partial charge in [-0.1, -0.05) is 28.1 Å². The maximum atomic E-state index is 11.2. The first-order valence-electron chi connectivity index (χ1n) is 6.44. The molecule has 116 valence electrons. The number of hydrogen-bond acceptors (Lipinski definition) is 4. The average molecular weight is 368 g/mol. The van der Waals surface area contributed by atoms with E-state index in [0.29, 0.717) is 5.75 Å². The number of ether oxygens (including phenoxy) is 1. The van der Waals surface area contributed by atoms with Crippen LogP contribution in [-0.4, -0.2) is 34.3 Å². The van der Waals surface area contributed by atoms with E-state index in [1.165, 1.54) is 0 Å². The fourth-order valence-electron chi connectivity index (χ4n) is 1.96. The summed E-state index contributed by atoms with van der Waals surface area (Å²) in [5.74, 6) is -2.18. The Kier molecular flexibility index (Phi) is 4.99. The van der Waals surface area contributed by atoms with Crippen LogP contribution in [0.1, 0.15) is 6.42 Å². The minimum atomic E-state index is -1.32. The van der Waals surface area contributed by atoms with Crippen LogP contribution in [0.25, 0.3) is 10.8 Å². The zero-order valence-corrected chi connectivity index (χ0v) is 13.0. The summed E-state index contributed by atoms with van der Waals surface area (Å²) in [7, 11) is 0. The Morgan fingerprint density at radius 2 is 1.73 bits per heavy atom. The van der Waals surface area contributed by atoms with Crippen molar-refractivity contribution in [2.45, 2.75) is 18.6 Å². The molecule has 0 fully saturated rings. The molecule has 0 aliphatic heterocycles. The molecule has 22 heavy (non-hydrogen) atoms. The van der Waals surface area contributed by atoms with Crippen molar-refractivity contribution in [3.63, 3.8) is 0 Å². The number of halogens is 1. The van der Waals surface area contributed by atoms with Crippen molar-refractivity contribution < 1.29 is 24.5 Å². The molecule has 7 heteroatoms. The van der Waals surface area contributed by atoms with E-state index in [-0.39, 0.29) is 6.42 Å². The number of nitrogens with two attached hydrogens (primary N) is 1. The summed E-state index contributed by atoms with van der Waals surface area (Å²) in [5.41, 5.74) is 5.37. The van der Waals surface area contributed by atoms with Gasteiger partial charge in [0.15, 0.2) is 6.10 Å². The van der Waals surface area contributed by atoms with Gasteiger partial charge in [-0.15, -0.1) is 0 Å². The van der Waals surface area contributed by atoms with Crippen molar-refractivity contribution in [2.75, 3.05) is 0 Å². The Morgan fingerprint density at radius 3 is 2.36 bits per heavy atom. The molecule has 0 aliphatic rings. The van der Waals surface area contributed by atoms with Crippen molar-refractivity contribution in [3.8, 4) is 5.75 Å². The second-order valence-electron chi connectivity index (χ2n) is 4.78. The van der Waals surface area contributed by atoms with Crippen LogP contribution in [0.4, 0.5) is 0 Å². The highest BCUT2D eigenvalue weighted by Crippen LogP contribution is 2.25. The van der Waals surface area contributed by atoms with Crippen LogP contribution >= 0.6 is 15.9 Å². The molecule has 0 aliphatic carbocycles. The van der Waals surface area contributed by atoms with Gasteiger partial charge in [0.2, 0.25) is 0 Å². The van der Waals surface area contributed by atoms with Gasteiger partial charge in [-0.2, -0.15) is 0 Å². The Bertz CT molecular complexity index is 718. The number of rotatable bonds is 6. The minimum Gasteiger partial charge on any atom is -0.480 e. The van der Waals surface area contributed by atoms with Gasteiger partial charge in [-0.05, 0) is 35.0 Å². The summed E-state index contributed by atoms with van der Waals surface area (Å²) >= 11 is 3.37. The Morgan fingerprint density at radius 1 is 1.09 bits per heavy atom. The molecule has 0 saturated heterocycles. The number of fused-ring (bicyclic) bond motifs is 1. The monoisotopic (exact) mass is 367 g/mol. The lowest BCUT2D eigenvalue weighted by atomic mass is 10.1. The fourth-order valence-corrected chi connectivity index (χ4v) is 2.34. The predicted molar refractivity (Wildman–Crippen MR) is 83.9 cm³/mol. The summed E-state index contributed by atoms with van der Waals surface area (Å²) in [4.78, 5) is 21.9. The van der Waals surface area contributed by atoms with E-state index in [9.17, 15) is 9.59 Å². The molecular formula is C15H14BrNO5. The first kappa shape index (κ1) is 16.3. The molecular weight excluding hydrogens is 354 g/mol. The summed E-state index contributed by atoms with van der Waals surface area (Å²) in [6.45, 7) is 0. The molecule has 0 spiro atoms. The molecule has 0 heterocycles. The van der Waals surface area contributed by atoms with E-state index in [1.54, 1.807) is 18.2 Å². The lowest BCUT2D eigenvalue weighted by Crippen LogP contribution is -2.39. The third-order valence-electron chi connectivity index (χ3n) is 3.11. The molecule has 0 bridgehead atoms. The van der Waals surface area contributed by atoms with Gasteiger partial charge in [-0.3, -0.25) is 4.79 Å². The standard InChI is InChI=1S/C15H14BrNO5/c16-10-3-1-9-6-11(4-2-8(9)5-10)22-13(15(20)21)7-12(17)14(18)19/h1-6,12-13H,7,17H2,(H,18,19)(H,20,21)/t12-,13?/m0/s1. The molecule has 0 amide bonds. The largest absolute Gasteiger partial charge is 0.480 e. The predicted octanol–water partition coefficient (Wildman–Crippen LogP) is 2.24. The second-order valence-corrected chi connectivity index (χ2v) is 5.69. The zero-order valence-electron chi connectivity index (χ0n) is 11.4. The van der Waals surface area contributed by atoms with E-state index in [1.807, 2.05) is 18.2 Å². The molecule has 4 N–H and O–H groups in total. The number of carboxylic acids is 2. The summed E-state index contributed by atoms with van der Waals surface area (Å²) < 4.78 is 6.32. The number of carbonyl (C=O) groups is 2. The molecule has 2 aromatic carbocycles. The molecule has 0 radical (unpaired) electrons. The van der Waals surface area contributed by atoms with Crippen LogP contribution in [0.3, 0.4) is 0 Å². The van der Waals surface area contributed by atoms with Gasteiger partial charge < -0.3 is 20.7 Å². The van der Waals surface area contributed by atoms with Crippen LogP contribution in [-0.2, 0) is 9.59 Å². The highest BCUT2D eigenvalue weighted by Gasteiger charge is 2.26. The van der Waals surface area contributed by atoms with Crippen LogP contribution in [0.5, 0.6) is 5.75 Å². The second kappa shape index (κ2) is 6.76. The Labute approximate surface area is 134 Å². The van der Waals surface area contributed by atoms with Crippen LogP contribution in [0.2, 0.25) is 0 Å². The maximum absolute atomic E-state index is 11.2. The van der Waals surface area contributed by atoms with Gasteiger partial charge in [-0.25, -0.2) is 4.79 Å². The molecule has 2 aromatic rings. The van der Waals surface area contributed by atoms with Gasteiger partial charge in [0.1, 0.15) is 11.8 Å². The first-order valence-corrected chi connectivity index (χ1v) is 7.23. The third kappa shape index (κ3) is 3.96. The quantitative estimate of drug-likeness (QED) is 0.721. The highest BCUT2D eigenvalue weighted by atomic mass is 79.9. The molecule has 2 atom stereocenters. The van der Waals surface area contributed by atoms with Gasteiger partial charge >= 0.3 is 11.9 Å². The number of carboxylic acid groups (broad SMARTS) is 2. The van der Waals surface area contributed by atoms with Crippen LogP contribution in [0, 0.1) is 0 Å². The van der Waals surface area contributed by atoms with Crippen LogP contribution in [0.15, 0.2) is 40.9 Å². The van der Waals surface area contributed by atoms with Crippen molar-refractivity contribution in [2.24, 2.45) is 5.73 Å². The molecule has 6 nitrogen and oxygen atoms in total. The minimum absolute atomic E-state index is 0.316. The van der Waals surface area contributed by atoms with Crippen molar-refractivity contribution in [3.05, 3.63) is 40.9 Å². The van der Waals surface area contributed by atoms with E-state index in [2.05, 4.69) is 15.9 Å². The van der Waals surface area contributed by atoms with Gasteiger partial charge in [0.25, 0.3) is 0 Å². The van der Waals surface area contributed by atoms with E-state index < -0.39 is 24.1 Å². The van der Waals surface area contributed by atoms with Gasteiger partial charge in [0.05, 0.1) is 0 Å². The number of benzene rings is 2. The summed E-state index contributed by atoms with van der Waals surface area (Å²) in [6, 6.07) is 9.49. The lowest BCUT2D eigenvalue weighted by Gasteiger charge is -2.17. The molecule has 1 unspecified atom stereocenters. The normalized spacial score (nSPS) is 13.5.